The van der Waals surface area contributed by atoms with Crippen LogP contribution in [0.3, 0.4) is 0 Å². The molecule has 1 unspecified atom stereocenters. The maximum atomic E-state index is 11.9. The number of hydrogen-bond acceptors (Lipinski definition) is 4. The first-order valence-electron chi connectivity index (χ1n) is 4.71. The predicted octanol–water partition coefficient (Wildman–Crippen LogP) is 0.872. The summed E-state index contributed by atoms with van der Waals surface area (Å²) in [5, 5.41) is 0. The van der Waals surface area contributed by atoms with Gasteiger partial charge >= 0.3 is 0 Å². The van der Waals surface area contributed by atoms with Gasteiger partial charge in [0, 0.05) is 6.04 Å². The summed E-state index contributed by atoms with van der Waals surface area (Å²) in [6, 6.07) is 4.95. The normalized spacial score (nSPS) is 23.2. The third-order valence-corrected chi connectivity index (χ3v) is 4.47. The van der Waals surface area contributed by atoms with Crippen molar-refractivity contribution in [2.75, 3.05) is 12.9 Å². The van der Waals surface area contributed by atoms with Gasteiger partial charge in [-0.15, -0.1) is 0 Å². The second kappa shape index (κ2) is 3.50. The number of hydrogen-bond donors (Lipinski definition) is 1. The van der Waals surface area contributed by atoms with Gasteiger partial charge in [0.15, 0.2) is 9.84 Å². The molecule has 0 saturated carbocycles. The molecule has 1 aromatic carbocycles. The minimum Gasteiger partial charge on any atom is -0.495 e. The number of ether oxygens (including phenoxy) is 1. The van der Waals surface area contributed by atoms with E-state index in [1.807, 2.05) is 0 Å². The summed E-state index contributed by atoms with van der Waals surface area (Å²) < 4.78 is 28.8. The summed E-state index contributed by atoms with van der Waals surface area (Å²) in [5.74, 6) is 0.490. The number of nitrogens with two attached hydrogens (primary N) is 1. The molecule has 5 heteroatoms. The Balaban J connectivity index is 2.74. The van der Waals surface area contributed by atoms with Crippen LogP contribution in [0.15, 0.2) is 23.1 Å². The number of methoxy groups -OCH3 is 1. The maximum absolute atomic E-state index is 11.9. The zero-order valence-electron chi connectivity index (χ0n) is 8.43. The fraction of sp³-hybridized carbons (Fsp3) is 0.400. The summed E-state index contributed by atoms with van der Waals surface area (Å²) >= 11 is 0. The molecule has 2 N–H and O–H groups in total. The van der Waals surface area contributed by atoms with Gasteiger partial charge < -0.3 is 10.5 Å². The molecule has 0 radical (unpaired) electrons. The molecule has 1 aliphatic heterocycles. The number of rotatable bonds is 1. The zero-order chi connectivity index (χ0) is 11.1. The molecule has 1 heterocycles. The SMILES string of the molecule is COc1cccc2c1S(=O)(=O)CCC2N. The van der Waals surface area contributed by atoms with Crippen molar-refractivity contribution in [3.63, 3.8) is 0 Å². The molecule has 0 aliphatic carbocycles. The van der Waals surface area contributed by atoms with E-state index in [1.54, 1.807) is 18.2 Å². The number of benzene rings is 1. The highest BCUT2D eigenvalue weighted by Gasteiger charge is 2.31. The highest BCUT2D eigenvalue weighted by molar-refractivity contribution is 7.91. The van der Waals surface area contributed by atoms with E-state index < -0.39 is 9.84 Å². The summed E-state index contributed by atoms with van der Waals surface area (Å²) in [6.07, 6.45) is 0.475. The zero-order valence-corrected chi connectivity index (χ0v) is 9.25. The quantitative estimate of drug-likeness (QED) is 0.773. The fourth-order valence-corrected chi connectivity index (χ4v) is 3.66. The Labute approximate surface area is 89.0 Å². The fourth-order valence-electron chi connectivity index (χ4n) is 1.86. The van der Waals surface area contributed by atoms with Crippen LogP contribution in [0.5, 0.6) is 5.75 Å². The van der Waals surface area contributed by atoms with Crippen molar-refractivity contribution < 1.29 is 13.2 Å². The molecule has 82 valence electrons. The third-order valence-electron chi connectivity index (χ3n) is 2.64. The average Bonchev–Trinajstić information content (AvgIpc) is 2.23. The second-order valence-corrected chi connectivity index (χ2v) is 5.64. The molecule has 1 aliphatic rings. The van der Waals surface area contributed by atoms with Crippen molar-refractivity contribution in [3.8, 4) is 5.75 Å². The van der Waals surface area contributed by atoms with E-state index in [1.165, 1.54) is 7.11 Å². The van der Waals surface area contributed by atoms with E-state index >= 15 is 0 Å². The molecule has 2 rings (SSSR count). The Bertz CT molecular complexity index is 481. The van der Waals surface area contributed by atoms with Gasteiger partial charge in [0.1, 0.15) is 10.6 Å². The molecule has 0 bridgehead atoms. The first-order chi connectivity index (χ1) is 7.06. The highest BCUT2D eigenvalue weighted by Crippen LogP contribution is 2.36. The van der Waals surface area contributed by atoms with Crippen molar-refractivity contribution in [3.05, 3.63) is 23.8 Å². The molecule has 0 aromatic heterocycles. The van der Waals surface area contributed by atoms with Gasteiger partial charge in [-0.2, -0.15) is 0 Å². The van der Waals surface area contributed by atoms with Crippen LogP contribution in [0, 0.1) is 0 Å². The van der Waals surface area contributed by atoms with Crippen molar-refractivity contribution in [2.24, 2.45) is 5.73 Å². The molecule has 1 aromatic rings. The largest absolute Gasteiger partial charge is 0.495 e. The van der Waals surface area contributed by atoms with Gasteiger partial charge in [-0.25, -0.2) is 8.42 Å². The smallest absolute Gasteiger partial charge is 0.182 e. The Morgan fingerprint density at radius 1 is 1.47 bits per heavy atom. The molecule has 4 nitrogen and oxygen atoms in total. The van der Waals surface area contributed by atoms with E-state index in [2.05, 4.69) is 0 Å². The Morgan fingerprint density at radius 2 is 2.20 bits per heavy atom. The average molecular weight is 227 g/mol. The van der Waals surface area contributed by atoms with Gasteiger partial charge in [0.2, 0.25) is 0 Å². The van der Waals surface area contributed by atoms with Crippen LogP contribution in [-0.2, 0) is 9.84 Å². The van der Waals surface area contributed by atoms with Crippen LogP contribution in [0.1, 0.15) is 18.0 Å². The topological polar surface area (TPSA) is 69.4 Å². The Hall–Kier alpha value is -1.07. The maximum Gasteiger partial charge on any atom is 0.182 e. The first kappa shape index (κ1) is 10.4. The molecular weight excluding hydrogens is 214 g/mol. The summed E-state index contributed by atoms with van der Waals surface area (Å²) in [6.45, 7) is 0. The van der Waals surface area contributed by atoms with E-state index in [9.17, 15) is 8.42 Å². The lowest BCUT2D eigenvalue weighted by Crippen LogP contribution is -2.25. The van der Waals surface area contributed by atoms with Crippen LogP contribution in [0.25, 0.3) is 0 Å². The van der Waals surface area contributed by atoms with Gasteiger partial charge in [-0.05, 0) is 18.1 Å². The van der Waals surface area contributed by atoms with Gasteiger partial charge in [-0.3, -0.25) is 0 Å². The van der Waals surface area contributed by atoms with Crippen LogP contribution >= 0.6 is 0 Å². The minimum atomic E-state index is -3.22. The minimum absolute atomic E-state index is 0.0987. The number of fused-ring (bicyclic) bond motifs is 1. The van der Waals surface area contributed by atoms with Gasteiger partial charge in [0.05, 0.1) is 12.9 Å². The van der Waals surface area contributed by atoms with E-state index in [4.69, 9.17) is 10.5 Å². The molecule has 0 fully saturated rings. The van der Waals surface area contributed by atoms with Crippen LogP contribution < -0.4 is 10.5 Å². The Morgan fingerprint density at radius 3 is 2.87 bits per heavy atom. The molecule has 0 spiro atoms. The number of sulfone groups is 1. The van der Waals surface area contributed by atoms with Crippen molar-refractivity contribution >= 4 is 9.84 Å². The summed E-state index contributed by atoms with van der Waals surface area (Å²) in [7, 11) is -1.76. The van der Waals surface area contributed by atoms with Crippen LogP contribution in [0.4, 0.5) is 0 Å². The molecule has 0 amide bonds. The monoisotopic (exact) mass is 227 g/mol. The van der Waals surface area contributed by atoms with E-state index in [0.29, 0.717) is 17.7 Å². The molecule has 15 heavy (non-hydrogen) atoms. The first-order valence-corrected chi connectivity index (χ1v) is 6.37. The van der Waals surface area contributed by atoms with Crippen LogP contribution in [0.2, 0.25) is 0 Å². The second-order valence-electron chi connectivity index (χ2n) is 3.59. The highest BCUT2D eigenvalue weighted by atomic mass is 32.2. The lowest BCUT2D eigenvalue weighted by Gasteiger charge is -2.23. The predicted molar refractivity (Wildman–Crippen MR) is 56.6 cm³/mol. The summed E-state index contributed by atoms with van der Waals surface area (Å²) in [4.78, 5) is 0.270. The van der Waals surface area contributed by atoms with Gasteiger partial charge in [0.25, 0.3) is 0 Å². The lowest BCUT2D eigenvalue weighted by molar-refractivity contribution is 0.399. The van der Waals surface area contributed by atoms with Gasteiger partial charge in [-0.1, -0.05) is 12.1 Å². The van der Waals surface area contributed by atoms with E-state index in [-0.39, 0.29) is 16.7 Å². The third kappa shape index (κ3) is 1.61. The molecule has 1 atom stereocenters. The van der Waals surface area contributed by atoms with Crippen molar-refractivity contribution in [1.82, 2.24) is 0 Å². The van der Waals surface area contributed by atoms with Crippen molar-refractivity contribution in [1.29, 1.82) is 0 Å². The lowest BCUT2D eigenvalue weighted by atomic mass is 10.0. The summed E-state index contributed by atoms with van der Waals surface area (Å²) in [5.41, 5.74) is 6.54. The molecule has 0 saturated heterocycles. The van der Waals surface area contributed by atoms with Crippen molar-refractivity contribution in [2.45, 2.75) is 17.4 Å². The standard InChI is InChI=1S/C10H13NO3S/c1-14-9-4-2-3-7-8(11)5-6-15(12,13)10(7)9/h2-4,8H,5-6,11H2,1H3. The molecular formula is C10H13NO3S. The Kier molecular flexibility index (Phi) is 2.44. The van der Waals surface area contributed by atoms with E-state index in [0.717, 1.165) is 0 Å². The van der Waals surface area contributed by atoms with Crippen LogP contribution in [-0.4, -0.2) is 21.3 Å².